The van der Waals surface area contributed by atoms with Gasteiger partial charge in [0.25, 0.3) is 0 Å². The van der Waals surface area contributed by atoms with Crippen LogP contribution in [-0.2, 0) is 22.6 Å². The molecule has 0 saturated heterocycles. The number of hydrogen-bond donors (Lipinski definition) is 0. The molecule has 6 aromatic rings. The van der Waals surface area contributed by atoms with Gasteiger partial charge in [0.15, 0.2) is 0 Å². The molecule has 0 unspecified atom stereocenters. The van der Waals surface area contributed by atoms with E-state index in [0.29, 0.717) is 0 Å². The van der Waals surface area contributed by atoms with Crippen molar-refractivity contribution in [2.24, 2.45) is 0 Å². The van der Waals surface area contributed by atoms with E-state index in [1.807, 2.05) is 97.1 Å². The zero-order valence-electron chi connectivity index (χ0n) is 28.7. The minimum atomic E-state index is -0.927. The molecule has 0 bridgehead atoms. The van der Waals surface area contributed by atoms with Gasteiger partial charge in [0.2, 0.25) is 0 Å². The Morgan fingerprint density at radius 2 is 0.620 bits per heavy atom. The Balaban J connectivity index is 1.32. The lowest BCUT2D eigenvalue weighted by Gasteiger charge is -2.30. The highest BCUT2D eigenvalue weighted by atomic mass is 35.5. The predicted octanol–water partition coefficient (Wildman–Crippen LogP) is 10.6. The van der Waals surface area contributed by atoms with Gasteiger partial charge in [0, 0.05) is 0 Å². The van der Waals surface area contributed by atoms with Gasteiger partial charge in [-0.25, -0.2) is 0 Å². The summed E-state index contributed by atoms with van der Waals surface area (Å²) in [5, 5.41) is 0. The smallest absolute Gasteiger partial charge is 0.119 e. The first-order valence-corrected chi connectivity index (χ1v) is 17.2. The summed E-state index contributed by atoms with van der Waals surface area (Å²) in [6, 6.07) is 48.9. The van der Waals surface area contributed by atoms with E-state index in [4.69, 9.17) is 42.1 Å². The van der Waals surface area contributed by atoms with Gasteiger partial charge in [-0.3, -0.25) is 0 Å². The van der Waals surface area contributed by atoms with Crippen molar-refractivity contribution >= 4 is 23.2 Å². The van der Waals surface area contributed by atoms with Crippen molar-refractivity contribution in [3.8, 4) is 23.0 Å². The van der Waals surface area contributed by atoms with Crippen LogP contribution in [0.4, 0.5) is 0 Å². The van der Waals surface area contributed by atoms with Crippen LogP contribution in [0.1, 0.15) is 44.5 Å². The third-order valence-corrected chi connectivity index (χ3v) is 10.6. The molecule has 0 atom stereocenters. The molecule has 0 aliphatic heterocycles. The molecule has 50 heavy (non-hydrogen) atoms. The number of hydrogen-bond acceptors (Lipinski definition) is 4. The van der Waals surface area contributed by atoms with E-state index >= 15 is 0 Å². The van der Waals surface area contributed by atoms with Crippen LogP contribution in [0.2, 0.25) is 0 Å². The van der Waals surface area contributed by atoms with Gasteiger partial charge < -0.3 is 18.9 Å². The Labute approximate surface area is 305 Å². The molecule has 4 nitrogen and oxygen atoms in total. The SMILES string of the molecule is COc1ccc(C(Cl)(c2ccc(OC)cc2)c2cccc(CCc3cccc(C(Cl)(c4ccc(OC)cc4)c4ccc(OC)cc4)c3)c2)cc1. The predicted molar refractivity (Wildman–Crippen MR) is 204 cm³/mol. The second-order valence-electron chi connectivity index (χ2n) is 12.1. The minimum Gasteiger partial charge on any atom is -0.497 e. The maximum atomic E-state index is 7.71. The molecular formula is C44H40Cl2O4. The molecule has 0 aliphatic carbocycles. The Kier molecular flexibility index (Phi) is 10.7. The first-order valence-electron chi connectivity index (χ1n) is 16.5. The Morgan fingerprint density at radius 3 is 0.860 bits per heavy atom. The monoisotopic (exact) mass is 702 g/mol. The molecule has 6 aromatic carbocycles. The van der Waals surface area contributed by atoms with Crippen molar-refractivity contribution in [2.75, 3.05) is 28.4 Å². The van der Waals surface area contributed by atoms with Gasteiger partial charge in [-0.1, -0.05) is 97.1 Å². The average molecular weight is 704 g/mol. The quantitative estimate of drug-likeness (QED) is 0.0887. The van der Waals surface area contributed by atoms with Crippen LogP contribution < -0.4 is 18.9 Å². The number of rotatable bonds is 13. The number of methoxy groups -OCH3 is 4. The van der Waals surface area contributed by atoms with E-state index in [-0.39, 0.29) is 0 Å². The summed E-state index contributed by atoms with van der Waals surface area (Å²) in [4.78, 5) is -1.85. The van der Waals surface area contributed by atoms with Crippen molar-refractivity contribution in [1.82, 2.24) is 0 Å². The Morgan fingerprint density at radius 1 is 0.360 bits per heavy atom. The lowest BCUT2D eigenvalue weighted by atomic mass is 9.82. The van der Waals surface area contributed by atoms with Gasteiger partial charge >= 0.3 is 0 Å². The molecule has 0 fully saturated rings. The first-order chi connectivity index (χ1) is 24.3. The number of aryl methyl sites for hydroxylation is 2. The maximum Gasteiger partial charge on any atom is 0.119 e. The summed E-state index contributed by atoms with van der Waals surface area (Å²) in [7, 11) is 6.65. The Bertz CT molecular complexity index is 1760. The normalized spacial score (nSPS) is 11.6. The lowest BCUT2D eigenvalue weighted by Crippen LogP contribution is -2.23. The third-order valence-electron chi connectivity index (χ3n) is 9.30. The average Bonchev–Trinajstić information content (AvgIpc) is 3.19. The number of ether oxygens (including phenoxy) is 4. The summed E-state index contributed by atoms with van der Waals surface area (Å²) in [5.41, 5.74) is 8.14. The molecule has 0 radical (unpaired) electrons. The van der Waals surface area contributed by atoms with Crippen LogP contribution in [-0.4, -0.2) is 28.4 Å². The van der Waals surface area contributed by atoms with Crippen LogP contribution >= 0.6 is 23.2 Å². The van der Waals surface area contributed by atoms with Gasteiger partial charge in [-0.05, 0) is 106 Å². The van der Waals surface area contributed by atoms with Crippen LogP contribution in [0.3, 0.4) is 0 Å². The molecule has 6 heteroatoms. The summed E-state index contributed by atoms with van der Waals surface area (Å²) >= 11 is 15.4. The third kappa shape index (κ3) is 7.05. The molecule has 254 valence electrons. The standard InChI is InChI=1S/C44H40Cl2O4/c1-47-39-21-13-33(14-22-39)43(45,34-15-23-40(48-2)24-16-34)37-9-5-7-31(29-37)11-12-32-8-6-10-38(30-32)44(46,35-17-25-41(49-3)26-18-35)36-19-27-42(50-4)28-20-36/h5-10,13-30H,11-12H2,1-4H3. The number of halogens is 2. The van der Waals surface area contributed by atoms with Crippen LogP contribution in [0.25, 0.3) is 0 Å². The molecule has 0 N–H and O–H groups in total. The molecule has 0 spiro atoms. The summed E-state index contributed by atoms with van der Waals surface area (Å²) in [5.74, 6) is 3.11. The fraction of sp³-hybridized carbons (Fsp3) is 0.182. The number of benzene rings is 6. The molecule has 0 aliphatic rings. The molecule has 0 heterocycles. The summed E-state index contributed by atoms with van der Waals surface area (Å²) in [6.45, 7) is 0. The van der Waals surface area contributed by atoms with Crippen molar-refractivity contribution in [3.63, 3.8) is 0 Å². The van der Waals surface area contributed by atoms with Crippen LogP contribution in [0, 0.1) is 0 Å². The topological polar surface area (TPSA) is 36.9 Å². The summed E-state index contributed by atoms with van der Waals surface area (Å²) in [6.07, 6.45) is 1.63. The summed E-state index contributed by atoms with van der Waals surface area (Å²) < 4.78 is 21.7. The minimum absolute atomic E-state index is 0.776. The van der Waals surface area contributed by atoms with Crippen LogP contribution in [0.5, 0.6) is 23.0 Å². The highest BCUT2D eigenvalue weighted by Crippen LogP contribution is 2.46. The molecule has 0 aromatic heterocycles. The van der Waals surface area contributed by atoms with E-state index in [1.165, 1.54) is 11.1 Å². The van der Waals surface area contributed by atoms with E-state index in [1.54, 1.807) is 28.4 Å². The van der Waals surface area contributed by atoms with Crippen molar-refractivity contribution < 1.29 is 18.9 Å². The zero-order valence-corrected chi connectivity index (χ0v) is 30.2. The first kappa shape index (κ1) is 34.9. The van der Waals surface area contributed by atoms with E-state index in [2.05, 4.69) is 48.5 Å². The fourth-order valence-electron chi connectivity index (χ4n) is 6.45. The van der Waals surface area contributed by atoms with E-state index in [0.717, 1.165) is 69.2 Å². The van der Waals surface area contributed by atoms with Crippen molar-refractivity contribution in [3.05, 3.63) is 190 Å². The van der Waals surface area contributed by atoms with E-state index < -0.39 is 9.75 Å². The van der Waals surface area contributed by atoms with Gasteiger partial charge in [-0.2, -0.15) is 0 Å². The second-order valence-corrected chi connectivity index (χ2v) is 13.3. The highest BCUT2D eigenvalue weighted by Gasteiger charge is 2.36. The number of alkyl halides is 2. The highest BCUT2D eigenvalue weighted by molar-refractivity contribution is 6.28. The van der Waals surface area contributed by atoms with Gasteiger partial charge in [0.1, 0.15) is 32.7 Å². The molecular weight excluding hydrogens is 663 g/mol. The maximum absolute atomic E-state index is 7.71. The van der Waals surface area contributed by atoms with Gasteiger partial charge in [0.05, 0.1) is 28.4 Å². The fourth-order valence-corrected chi connectivity index (χ4v) is 7.19. The molecule has 0 amide bonds. The largest absolute Gasteiger partial charge is 0.497 e. The van der Waals surface area contributed by atoms with E-state index in [9.17, 15) is 0 Å². The second kappa shape index (κ2) is 15.3. The molecule has 6 rings (SSSR count). The Hall–Kier alpha value is -4.90. The molecule has 0 saturated carbocycles. The van der Waals surface area contributed by atoms with Crippen molar-refractivity contribution in [1.29, 1.82) is 0 Å². The van der Waals surface area contributed by atoms with Crippen molar-refractivity contribution in [2.45, 2.75) is 22.6 Å². The van der Waals surface area contributed by atoms with Crippen LogP contribution in [0.15, 0.2) is 146 Å². The van der Waals surface area contributed by atoms with Gasteiger partial charge in [-0.15, -0.1) is 23.2 Å². The zero-order chi connectivity index (χ0) is 35.1. The lowest BCUT2D eigenvalue weighted by molar-refractivity contribution is 0.414.